The summed E-state index contributed by atoms with van der Waals surface area (Å²) < 4.78 is 85.5. The van der Waals surface area contributed by atoms with E-state index in [0.29, 0.717) is 0 Å². The van der Waals surface area contributed by atoms with Crippen molar-refractivity contribution in [3.8, 4) is 0 Å². The summed E-state index contributed by atoms with van der Waals surface area (Å²) in [7, 11) is 0. The lowest BCUT2D eigenvalue weighted by atomic mass is 10.5. The van der Waals surface area contributed by atoms with Crippen LogP contribution in [0.25, 0.3) is 0 Å². The summed E-state index contributed by atoms with van der Waals surface area (Å²) in [4.78, 5) is 21.2. The van der Waals surface area contributed by atoms with Crippen LogP contribution in [0.15, 0.2) is 12.2 Å². The van der Waals surface area contributed by atoms with Crippen LogP contribution in [-0.2, 0) is 18.9 Å². The number of hydrogen-bond donors (Lipinski definition) is 0. The first-order valence-corrected chi connectivity index (χ1v) is 5.37. The monoisotopic (exact) mass is 340 g/mol. The Bertz CT molecular complexity index is 352. The highest BCUT2D eigenvalue weighted by molar-refractivity contribution is 5.60. The average Bonchev–Trinajstić information content (AvgIpc) is 2.36. The molecule has 0 bridgehead atoms. The Morgan fingerprint density at radius 3 is 1.27 bits per heavy atom. The van der Waals surface area contributed by atoms with Gasteiger partial charge < -0.3 is 18.9 Å². The van der Waals surface area contributed by atoms with Gasteiger partial charge in [-0.05, 0) is 12.2 Å². The fourth-order valence-electron chi connectivity index (χ4n) is 0.733. The molecule has 6 nitrogen and oxygen atoms in total. The van der Waals surface area contributed by atoms with Crippen molar-refractivity contribution in [1.29, 1.82) is 0 Å². The van der Waals surface area contributed by atoms with Gasteiger partial charge in [-0.2, -0.15) is 26.3 Å². The molecule has 0 saturated carbocycles. The van der Waals surface area contributed by atoms with Crippen molar-refractivity contribution in [2.45, 2.75) is 12.4 Å². The van der Waals surface area contributed by atoms with Crippen LogP contribution in [0.4, 0.5) is 35.9 Å². The lowest BCUT2D eigenvalue weighted by molar-refractivity contribution is -0.165. The topological polar surface area (TPSA) is 71.1 Å². The van der Waals surface area contributed by atoms with Crippen LogP contribution in [0, 0.1) is 0 Å². The van der Waals surface area contributed by atoms with E-state index in [1.54, 1.807) is 0 Å². The van der Waals surface area contributed by atoms with Gasteiger partial charge in [0.05, 0.1) is 0 Å². The molecule has 0 fully saturated rings. The number of carbonyl (C=O) groups excluding carboxylic acids is 2. The summed E-state index contributed by atoms with van der Waals surface area (Å²) in [5.74, 6) is 0. The maximum Gasteiger partial charge on any atom is 0.508 e. The molecule has 0 spiro atoms. The normalized spacial score (nSPS) is 12.1. The largest absolute Gasteiger partial charge is 0.508 e. The first-order chi connectivity index (χ1) is 9.99. The predicted molar refractivity (Wildman–Crippen MR) is 55.9 cm³/mol. The lowest BCUT2D eigenvalue weighted by Crippen LogP contribution is -2.21. The number of ether oxygens (including phenoxy) is 4. The Hall–Kier alpha value is -2.14. The lowest BCUT2D eigenvalue weighted by Gasteiger charge is -2.07. The molecule has 0 N–H and O–H groups in total. The van der Waals surface area contributed by atoms with Gasteiger partial charge in [-0.25, -0.2) is 9.59 Å². The molecule has 0 aliphatic rings. The highest BCUT2D eigenvalue weighted by Crippen LogP contribution is 2.15. The van der Waals surface area contributed by atoms with Gasteiger partial charge in [-0.1, -0.05) is 0 Å². The third-order valence-corrected chi connectivity index (χ3v) is 1.47. The first kappa shape index (κ1) is 19.9. The van der Waals surface area contributed by atoms with Gasteiger partial charge in [0.25, 0.3) is 0 Å². The standard InChI is InChI=1S/C10H10F6O6/c11-9(12,13)5-21-7(17)19-3-1-2-4-20-8(18)22-6-10(14,15)16/h1-2H,3-6H2/b2-1-. The van der Waals surface area contributed by atoms with E-state index in [2.05, 4.69) is 18.9 Å². The summed E-state index contributed by atoms with van der Waals surface area (Å²) >= 11 is 0. The van der Waals surface area contributed by atoms with Crippen molar-refractivity contribution in [2.24, 2.45) is 0 Å². The van der Waals surface area contributed by atoms with E-state index in [4.69, 9.17) is 0 Å². The van der Waals surface area contributed by atoms with Crippen molar-refractivity contribution in [1.82, 2.24) is 0 Å². The second kappa shape index (κ2) is 9.00. The Balaban J connectivity index is 3.67. The van der Waals surface area contributed by atoms with E-state index in [1.165, 1.54) is 0 Å². The van der Waals surface area contributed by atoms with Crippen LogP contribution in [0.2, 0.25) is 0 Å². The molecule has 0 aliphatic heterocycles. The van der Waals surface area contributed by atoms with Gasteiger partial charge in [-0.15, -0.1) is 0 Å². The van der Waals surface area contributed by atoms with Gasteiger partial charge in [0, 0.05) is 0 Å². The zero-order valence-corrected chi connectivity index (χ0v) is 10.7. The van der Waals surface area contributed by atoms with Crippen LogP contribution in [0.3, 0.4) is 0 Å². The molecule has 0 atom stereocenters. The van der Waals surface area contributed by atoms with Gasteiger partial charge >= 0.3 is 24.7 Å². The molecule has 0 aromatic heterocycles. The van der Waals surface area contributed by atoms with E-state index in [0.717, 1.165) is 12.2 Å². The maximum atomic E-state index is 11.6. The molecule has 0 rings (SSSR count). The van der Waals surface area contributed by atoms with Gasteiger partial charge in [-0.3, -0.25) is 0 Å². The Kier molecular flexibility index (Phi) is 8.12. The van der Waals surface area contributed by atoms with Crippen LogP contribution in [0.1, 0.15) is 0 Å². The molecule has 12 heteroatoms. The minimum atomic E-state index is -4.68. The molecule has 0 amide bonds. The minimum absolute atomic E-state index is 0.488. The van der Waals surface area contributed by atoms with Crippen molar-refractivity contribution in [3.05, 3.63) is 12.2 Å². The molecule has 0 aromatic rings. The quantitative estimate of drug-likeness (QED) is 0.421. The summed E-state index contributed by atoms with van der Waals surface area (Å²) in [6.07, 6.45) is -10.4. The zero-order chi connectivity index (χ0) is 17.2. The number of halogens is 6. The molecule has 0 aromatic carbocycles. The minimum Gasteiger partial charge on any atom is -0.430 e. The second-order valence-corrected chi connectivity index (χ2v) is 3.40. The fraction of sp³-hybridized carbons (Fsp3) is 0.600. The SMILES string of the molecule is O=C(OC/C=C\COC(=O)OCC(F)(F)F)OCC(F)(F)F. The third kappa shape index (κ3) is 14.3. The molecule has 0 radical (unpaired) electrons. The summed E-state index contributed by atoms with van der Waals surface area (Å²) in [6.45, 7) is -4.58. The molecular weight excluding hydrogens is 330 g/mol. The van der Waals surface area contributed by atoms with Crippen LogP contribution in [-0.4, -0.2) is 51.1 Å². The van der Waals surface area contributed by atoms with Crippen molar-refractivity contribution >= 4 is 12.3 Å². The van der Waals surface area contributed by atoms with Gasteiger partial charge in [0.15, 0.2) is 13.2 Å². The number of carbonyl (C=O) groups is 2. The fourth-order valence-corrected chi connectivity index (χ4v) is 0.733. The Morgan fingerprint density at radius 1 is 0.682 bits per heavy atom. The van der Waals surface area contributed by atoms with Crippen molar-refractivity contribution in [2.75, 3.05) is 26.4 Å². The second-order valence-electron chi connectivity index (χ2n) is 3.40. The molecule has 22 heavy (non-hydrogen) atoms. The zero-order valence-electron chi connectivity index (χ0n) is 10.7. The summed E-state index contributed by atoms with van der Waals surface area (Å²) in [5.41, 5.74) is 0. The van der Waals surface area contributed by atoms with Crippen LogP contribution >= 0.6 is 0 Å². The maximum absolute atomic E-state index is 11.6. The highest BCUT2D eigenvalue weighted by Gasteiger charge is 2.30. The summed E-state index contributed by atoms with van der Waals surface area (Å²) in [5, 5.41) is 0. The van der Waals surface area contributed by atoms with E-state index >= 15 is 0 Å². The van der Waals surface area contributed by atoms with Gasteiger partial charge in [0.2, 0.25) is 0 Å². The van der Waals surface area contributed by atoms with Crippen molar-refractivity contribution < 1.29 is 54.9 Å². The highest BCUT2D eigenvalue weighted by atomic mass is 19.4. The summed E-state index contributed by atoms with van der Waals surface area (Å²) in [6, 6.07) is 0. The molecule has 0 unspecified atom stereocenters. The molecular formula is C10H10F6O6. The van der Waals surface area contributed by atoms with Gasteiger partial charge in [0.1, 0.15) is 13.2 Å². The molecule has 0 saturated heterocycles. The molecule has 0 heterocycles. The Morgan fingerprint density at radius 2 is 1.00 bits per heavy atom. The third-order valence-electron chi connectivity index (χ3n) is 1.47. The predicted octanol–water partition coefficient (Wildman–Crippen LogP) is 2.97. The van der Waals surface area contributed by atoms with E-state index < -0.39 is 51.1 Å². The average molecular weight is 340 g/mol. The van der Waals surface area contributed by atoms with E-state index in [1.807, 2.05) is 0 Å². The number of alkyl halides is 6. The smallest absolute Gasteiger partial charge is 0.430 e. The number of rotatable bonds is 6. The Labute approximate surface area is 119 Å². The van der Waals surface area contributed by atoms with Crippen LogP contribution < -0.4 is 0 Å². The van der Waals surface area contributed by atoms with Crippen LogP contribution in [0.5, 0.6) is 0 Å². The van der Waals surface area contributed by atoms with E-state index in [-0.39, 0.29) is 0 Å². The number of hydrogen-bond acceptors (Lipinski definition) is 6. The first-order valence-electron chi connectivity index (χ1n) is 5.37. The van der Waals surface area contributed by atoms with E-state index in [9.17, 15) is 35.9 Å². The molecule has 128 valence electrons. The van der Waals surface area contributed by atoms with Crippen molar-refractivity contribution in [3.63, 3.8) is 0 Å². The molecule has 0 aliphatic carbocycles.